The van der Waals surface area contributed by atoms with Gasteiger partial charge >= 0.3 is 10.1 Å². The molecule has 0 heterocycles. The predicted molar refractivity (Wildman–Crippen MR) is 86.6 cm³/mol. The highest BCUT2D eigenvalue weighted by Gasteiger charge is 2.25. The van der Waals surface area contributed by atoms with Crippen LogP contribution >= 0.6 is 11.6 Å². The van der Waals surface area contributed by atoms with Crippen molar-refractivity contribution in [2.45, 2.75) is 23.6 Å². The SMILES string of the molecule is Cc1ccc(OS(=O)(=O)c2cc(S(N)(=O)=O)c(C)cc2Cl)cc1. The molecule has 0 aromatic heterocycles. The molecule has 0 aliphatic carbocycles. The average molecular weight is 376 g/mol. The van der Waals surface area contributed by atoms with Crippen molar-refractivity contribution in [3.8, 4) is 5.75 Å². The molecule has 0 fully saturated rings. The molecule has 0 bridgehead atoms. The number of aryl methyl sites for hydroxylation is 2. The van der Waals surface area contributed by atoms with Gasteiger partial charge in [0.05, 0.1) is 9.92 Å². The first-order valence-corrected chi connectivity index (χ1v) is 9.68. The van der Waals surface area contributed by atoms with E-state index in [2.05, 4.69) is 0 Å². The van der Waals surface area contributed by atoms with E-state index in [0.717, 1.165) is 11.6 Å². The number of primary sulfonamides is 1. The first kappa shape index (κ1) is 17.7. The van der Waals surface area contributed by atoms with Crippen LogP contribution in [0.2, 0.25) is 5.02 Å². The molecule has 0 aliphatic heterocycles. The largest absolute Gasteiger partial charge is 0.379 e. The molecule has 0 atom stereocenters. The van der Waals surface area contributed by atoms with Crippen LogP contribution in [0.15, 0.2) is 46.2 Å². The van der Waals surface area contributed by atoms with Gasteiger partial charge in [-0.2, -0.15) is 8.42 Å². The Morgan fingerprint density at radius 1 is 0.957 bits per heavy atom. The molecule has 2 aromatic carbocycles. The van der Waals surface area contributed by atoms with Crippen LogP contribution in [-0.4, -0.2) is 16.8 Å². The van der Waals surface area contributed by atoms with Gasteiger partial charge in [-0.15, -0.1) is 0 Å². The highest BCUT2D eigenvalue weighted by atomic mass is 35.5. The minimum absolute atomic E-state index is 0.0874. The van der Waals surface area contributed by atoms with Gasteiger partial charge in [0, 0.05) is 0 Å². The summed E-state index contributed by atoms with van der Waals surface area (Å²) in [5.74, 6) is 0.0874. The molecular weight excluding hydrogens is 362 g/mol. The molecule has 2 aromatic rings. The van der Waals surface area contributed by atoms with E-state index in [1.54, 1.807) is 12.1 Å². The van der Waals surface area contributed by atoms with Gasteiger partial charge in [-0.05, 0) is 43.7 Å². The van der Waals surface area contributed by atoms with Gasteiger partial charge < -0.3 is 4.18 Å². The zero-order valence-corrected chi connectivity index (χ0v) is 14.7. The van der Waals surface area contributed by atoms with E-state index >= 15 is 0 Å². The van der Waals surface area contributed by atoms with E-state index in [1.165, 1.54) is 25.1 Å². The maximum Gasteiger partial charge on any atom is 0.340 e. The number of nitrogens with two attached hydrogens (primary N) is 1. The van der Waals surface area contributed by atoms with Crippen molar-refractivity contribution in [3.05, 3.63) is 52.5 Å². The lowest BCUT2D eigenvalue weighted by molar-refractivity contribution is 0.486. The molecule has 0 aliphatic rings. The van der Waals surface area contributed by atoms with Crippen LogP contribution in [0.1, 0.15) is 11.1 Å². The molecule has 0 radical (unpaired) electrons. The molecule has 0 amide bonds. The molecule has 0 spiro atoms. The monoisotopic (exact) mass is 375 g/mol. The summed E-state index contributed by atoms with van der Waals surface area (Å²) in [6.45, 7) is 3.30. The third-order valence-corrected chi connectivity index (χ3v) is 5.80. The number of rotatable bonds is 4. The molecular formula is C14H14ClNO5S2. The van der Waals surface area contributed by atoms with Gasteiger partial charge in [0.2, 0.25) is 10.0 Å². The minimum atomic E-state index is -4.31. The van der Waals surface area contributed by atoms with Crippen LogP contribution in [0, 0.1) is 13.8 Å². The van der Waals surface area contributed by atoms with Crippen LogP contribution in [0.4, 0.5) is 0 Å². The average Bonchev–Trinajstić information content (AvgIpc) is 2.39. The molecule has 0 saturated carbocycles. The van der Waals surface area contributed by atoms with E-state index in [4.69, 9.17) is 20.9 Å². The van der Waals surface area contributed by atoms with Crippen molar-refractivity contribution < 1.29 is 21.0 Å². The van der Waals surface area contributed by atoms with E-state index in [1.807, 2.05) is 6.92 Å². The fraction of sp³-hybridized carbons (Fsp3) is 0.143. The first-order valence-electron chi connectivity index (χ1n) is 6.35. The Labute approximate surface area is 140 Å². The third kappa shape index (κ3) is 4.03. The van der Waals surface area contributed by atoms with Crippen LogP contribution in [0.5, 0.6) is 5.75 Å². The summed E-state index contributed by atoms with van der Waals surface area (Å²) in [6.07, 6.45) is 0. The molecule has 124 valence electrons. The van der Waals surface area contributed by atoms with E-state index < -0.39 is 25.0 Å². The Morgan fingerprint density at radius 3 is 2.04 bits per heavy atom. The summed E-state index contributed by atoms with van der Waals surface area (Å²) < 4.78 is 52.8. The number of benzene rings is 2. The standard InChI is InChI=1S/C14H14ClNO5S2/c1-9-3-5-11(6-4-9)21-23(19,20)14-8-13(22(16,17)18)10(2)7-12(14)15/h3-8H,1-2H3,(H2,16,17,18). The summed E-state index contributed by atoms with van der Waals surface area (Å²) in [5, 5.41) is 4.93. The van der Waals surface area contributed by atoms with Crippen molar-refractivity contribution in [2.75, 3.05) is 0 Å². The Kier molecular flexibility index (Phi) is 4.72. The van der Waals surface area contributed by atoms with Crippen molar-refractivity contribution in [3.63, 3.8) is 0 Å². The minimum Gasteiger partial charge on any atom is -0.379 e. The molecule has 0 unspecified atom stereocenters. The molecule has 2 N–H and O–H groups in total. The zero-order chi connectivity index (χ0) is 17.4. The molecule has 2 rings (SSSR count). The smallest absolute Gasteiger partial charge is 0.340 e. The number of hydrogen-bond acceptors (Lipinski definition) is 5. The highest BCUT2D eigenvalue weighted by molar-refractivity contribution is 7.89. The van der Waals surface area contributed by atoms with Crippen molar-refractivity contribution in [2.24, 2.45) is 5.14 Å². The number of halogens is 1. The van der Waals surface area contributed by atoms with Crippen LogP contribution in [-0.2, 0) is 20.1 Å². The topological polar surface area (TPSA) is 104 Å². The maximum atomic E-state index is 12.4. The zero-order valence-electron chi connectivity index (χ0n) is 12.3. The van der Waals surface area contributed by atoms with E-state index in [9.17, 15) is 16.8 Å². The Balaban J connectivity index is 2.53. The van der Waals surface area contributed by atoms with E-state index in [-0.39, 0.29) is 21.2 Å². The summed E-state index contributed by atoms with van der Waals surface area (Å²) in [5.41, 5.74) is 1.17. The van der Waals surface area contributed by atoms with Gasteiger partial charge in [-0.25, -0.2) is 13.6 Å². The number of sulfonamides is 1. The van der Waals surface area contributed by atoms with Gasteiger partial charge in [0.1, 0.15) is 10.6 Å². The van der Waals surface area contributed by atoms with Gasteiger partial charge in [0.15, 0.2) is 0 Å². The number of hydrogen-bond donors (Lipinski definition) is 1. The summed E-state index contributed by atoms with van der Waals surface area (Å²) >= 11 is 5.93. The van der Waals surface area contributed by atoms with Crippen molar-refractivity contribution in [1.82, 2.24) is 0 Å². The Hall–Kier alpha value is -1.61. The third-order valence-electron chi connectivity index (χ3n) is 3.03. The van der Waals surface area contributed by atoms with Crippen molar-refractivity contribution >= 4 is 31.7 Å². The van der Waals surface area contributed by atoms with Crippen molar-refractivity contribution in [1.29, 1.82) is 0 Å². The Bertz CT molecular complexity index is 951. The lowest BCUT2D eigenvalue weighted by Gasteiger charge is -2.11. The molecule has 9 heteroatoms. The predicted octanol–water partition coefficient (Wildman–Crippen LogP) is 2.37. The second-order valence-electron chi connectivity index (χ2n) is 4.94. The Morgan fingerprint density at radius 2 is 1.52 bits per heavy atom. The maximum absolute atomic E-state index is 12.4. The normalized spacial score (nSPS) is 12.2. The van der Waals surface area contributed by atoms with Crippen LogP contribution < -0.4 is 9.32 Å². The molecule has 23 heavy (non-hydrogen) atoms. The van der Waals surface area contributed by atoms with Crippen LogP contribution in [0.3, 0.4) is 0 Å². The molecule has 0 saturated heterocycles. The van der Waals surface area contributed by atoms with Gasteiger partial charge in [-0.3, -0.25) is 0 Å². The lowest BCUT2D eigenvalue weighted by Crippen LogP contribution is -2.16. The summed E-state index contributed by atoms with van der Waals surface area (Å²) in [7, 11) is -8.40. The second kappa shape index (κ2) is 6.12. The fourth-order valence-corrected chi connectivity index (χ4v) is 4.28. The summed E-state index contributed by atoms with van der Waals surface area (Å²) in [6, 6.07) is 8.43. The quantitative estimate of drug-likeness (QED) is 0.826. The lowest BCUT2D eigenvalue weighted by atomic mass is 10.2. The van der Waals surface area contributed by atoms with Gasteiger partial charge in [0.25, 0.3) is 0 Å². The first-order chi connectivity index (χ1) is 10.5. The summed E-state index contributed by atoms with van der Waals surface area (Å²) in [4.78, 5) is -0.789. The second-order valence-corrected chi connectivity index (χ2v) is 8.40. The highest BCUT2D eigenvalue weighted by Crippen LogP contribution is 2.29. The van der Waals surface area contributed by atoms with Crippen LogP contribution in [0.25, 0.3) is 0 Å². The fourth-order valence-electron chi connectivity index (χ4n) is 1.90. The van der Waals surface area contributed by atoms with Gasteiger partial charge in [-0.1, -0.05) is 29.3 Å². The van der Waals surface area contributed by atoms with E-state index in [0.29, 0.717) is 0 Å². The molecule has 6 nitrogen and oxygen atoms in total.